The van der Waals surface area contributed by atoms with Crippen molar-refractivity contribution in [1.82, 2.24) is 9.78 Å². The van der Waals surface area contributed by atoms with Crippen molar-refractivity contribution >= 4 is 5.97 Å². The minimum absolute atomic E-state index is 0.357. The van der Waals surface area contributed by atoms with Crippen LogP contribution < -0.4 is 0 Å². The fourth-order valence-corrected chi connectivity index (χ4v) is 2.32. The molecule has 1 unspecified atom stereocenters. The molecule has 1 aliphatic carbocycles. The summed E-state index contributed by atoms with van der Waals surface area (Å²) in [6.07, 6.45) is 2.66. The zero-order valence-corrected chi connectivity index (χ0v) is 8.45. The van der Waals surface area contributed by atoms with Crippen LogP contribution in [-0.4, -0.2) is 20.9 Å². The van der Waals surface area contributed by atoms with Gasteiger partial charge in [-0.1, -0.05) is 0 Å². The van der Waals surface area contributed by atoms with E-state index in [4.69, 9.17) is 5.11 Å². The van der Waals surface area contributed by atoms with Crippen LogP contribution in [-0.2, 0) is 18.3 Å². The van der Waals surface area contributed by atoms with Crippen LogP contribution in [0.4, 0.5) is 0 Å². The molecule has 1 aromatic rings. The number of rotatable bonds is 1. The van der Waals surface area contributed by atoms with Gasteiger partial charge in [-0.15, -0.1) is 0 Å². The first-order valence-electron chi connectivity index (χ1n) is 4.86. The Morgan fingerprint density at radius 2 is 2.36 bits per heavy atom. The van der Waals surface area contributed by atoms with Gasteiger partial charge in [0.15, 0.2) is 0 Å². The van der Waals surface area contributed by atoms with Crippen molar-refractivity contribution in [1.29, 1.82) is 0 Å². The second-order valence-electron chi connectivity index (χ2n) is 3.86. The third kappa shape index (κ3) is 1.22. The highest BCUT2D eigenvalue weighted by molar-refractivity contribution is 5.76. The number of carboxylic acid groups (broad SMARTS) is 1. The zero-order valence-electron chi connectivity index (χ0n) is 8.45. The highest BCUT2D eigenvalue weighted by Gasteiger charge is 2.30. The monoisotopic (exact) mass is 194 g/mol. The average Bonchev–Trinajstić information content (AvgIpc) is 2.43. The Kier molecular flexibility index (Phi) is 2.06. The van der Waals surface area contributed by atoms with Gasteiger partial charge in [-0.05, 0) is 31.7 Å². The predicted molar refractivity (Wildman–Crippen MR) is 51.3 cm³/mol. The molecule has 0 amide bonds. The number of aryl methyl sites for hydroxylation is 2. The molecule has 0 aromatic carbocycles. The normalized spacial score (nSPS) is 20.6. The Labute approximate surface area is 82.5 Å². The molecule has 1 atom stereocenters. The molecule has 0 aliphatic heterocycles. The van der Waals surface area contributed by atoms with Crippen LogP contribution in [0, 0.1) is 6.92 Å². The molecular formula is C10H14N2O2. The Hall–Kier alpha value is -1.32. The molecule has 0 spiro atoms. The van der Waals surface area contributed by atoms with Gasteiger partial charge in [-0.3, -0.25) is 9.48 Å². The molecule has 2 rings (SSSR count). The third-order valence-corrected chi connectivity index (χ3v) is 2.94. The van der Waals surface area contributed by atoms with E-state index in [1.165, 1.54) is 0 Å². The maximum Gasteiger partial charge on any atom is 0.312 e. The summed E-state index contributed by atoms with van der Waals surface area (Å²) in [4.78, 5) is 11.0. The van der Waals surface area contributed by atoms with E-state index in [-0.39, 0.29) is 5.92 Å². The fraction of sp³-hybridized carbons (Fsp3) is 0.600. The Morgan fingerprint density at radius 1 is 1.64 bits per heavy atom. The lowest BCUT2D eigenvalue weighted by Crippen LogP contribution is -2.20. The van der Waals surface area contributed by atoms with Crippen LogP contribution >= 0.6 is 0 Å². The molecule has 14 heavy (non-hydrogen) atoms. The van der Waals surface area contributed by atoms with E-state index >= 15 is 0 Å². The van der Waals surface area contributed by atoms with E-state index < -0.39 is 5.97 Å². The summed E-state index contributed by atoms with van der Waals surface area (Å²) >= 11 is 0. The second kappa shape index (κ2) is 3.12. The zero-order chi connectivity index (χ0) is 10.3. The average molecular weight is 194 g/mol. The Bertz CT molecular complexity index is 382. The number of carboxylic acids is 1. The molecule has 1 aromatic heterocycles. The maximum atomic E-state index is 11.0. The number of nitrogens with zero attached hydrogens (tertiary/aromatic N) is 2. The first kappa shape index (κ1) is 9.24. The molecule has 1 heterocycles. The SMILES string of the molecule is Cc1nn(C)c2c1CCCC2C(=O)O. The summed E-state index contributed by atoms with van der Waals surface area (Å²) in [6.45, 7) is 1.95. The van der Waals surface area contributed by atoms with Gasteiger partial charge in [-0.2, -0.15) is 5.10 Å². The van der Waals surface area contributed by atoms with Gasteiger partial charge in [0.2, 0.25) is 0 Å². The van der Waals surface area contributed by atoms with Crippen LogP contribution in [0.5, 0.6) is 0 Å². The maximum absolute atomic E-state index is 11.0. The van der Waals surface area contributed by atoms with Crippen molar-refractivity contribution in [2.24, 2.45) is 7.05 Å². The number of carbonyl (C=O) groups is 1. The minimum Gasteiger partial charge on any atom is -0.481 e. The molecule has 4 heteroatoms. The molecule has 0 saturated carbocycles. The van der Waals surface area contributed by atoms with Crippen molar-refractivity contribution in [3.63, 3.8) is 0 Å². The predicted octanol–water partition coefficient (Wildman–Crippen LogP) is 1.23. The number of fused-ring (bicyclic) bond motifs is 1. The lowest BCUT2D eigenvalue weighted by molar-refractivity contribution is -0.139. The van der Waals surface area contributed by atoms with Crippen LogP contribution in [0.2, 0.25) is 0 Å². The molecule has 0 saturated heterocycles. The summed E-state index contributed by atoms with van der Waals surface area (Å²) in [7, 11) is 1.83. The molecule has 1 aliphatic rings. The van der Waals surface area contributed by atoms with Crippen molar-refractivity contribution < 1.29 is 9.90 Å². The molecule has 1 N–H and O–H groups in total. The third-order valence-electron chi connectivity index (χ3n) is 2.94. The first-order chi connectivity index (χ1) is 6.61. The van der Waals surface area contributed by atoms with Gasteiger partial charge in [0, 0.05) is 7.05 Å². The topological polar surface area (TPSA) is 55.1 Å². The quantitative estimate of drug-likeness (QED) is 0.731. The Balaban J connectivity index is 2.53. The van der Waals surface area contributed by atoms with Gasteiger partial charge in [0.05, 0.1) is 17.3 Å². The van der Waals surface area contributed by atoms with E-state index in [1.807, 2.05) is 14.0 Å². The van der Waals surface area contributed by atoms with Gasteiger partial charge in [0.1, 0.15) is 0 Å². The van der Waals surface area contributed by atoms with Gasteiger partial charge in [0.25, 0.3) is 0 Å². The van der Waals surface area contributed by atoms with Gasteiger partial charge in [-0.25, -0.2) is 0 Å². The number of hydrogen-bond donors (Lipinski definition) is 1. The molecule has 0 bridgehead atoms. The van der Waals surface area contributed by atoms with E-state index in [9.17, 15) is 4.79 Å². The molecule has 0 radical (unpaired) electrons. The standard InChI is InChI=1S/C10H14N2O2/c1-6-7-4-3-5-8(10(13)14)9(7)12(2)11-6/h8H,3-5H2,1-2H3,(H,13,14). The minimum atomic E-state index is -0.728. The summed E-state index contributed by atoms with van der Waals surface area (Å²) in [5.74, 6) is -1.08. The summed E-state index contributed by atoms with van der Waals surface area (Å²) in [5, 5.41) is 13.4. The van der Waals surface area contributed by atoms with Crippen LogP contribution in [0.25, 0.3) is 0 Å². The number of hydrogen-bond acceptors (Lipinski definition) is 2. The van der Waals surface area contributed by atoms with Gasteiger partial charge < -0.3 is 5.11 Å². The lowest BCUT2D eigenvalue weighted by atomic mass is 9.87. The second-order valence-corrected chi connectivity index (χ2v) is 3.86. The van der Waals surface area contributed by atoms with Crippen molar-refractivity contribution in [3.8, 4) is 0 Å². The first-order valence-corrected chi connectivity index (χ1v) is 4.86. The van der Waals surface area contributed by atoms with E-state index in [1.54, 1.807) is 4.68 Å². The van der Waals surface area contributed by atoms with Crippen molar-refractivity contribution in [2.75, 3.05) is 0 Å². The number of aliphatic carboxylic acids is 1. The van der Waals surface area contributed by atoms with Gasteiger partial charge >= 0.3 is 5.97 Å². The largest absolute Gasteiger partial charge is 0.481 e. The highest BCUT2D eigenvalue weighted by atomic mass is 16.4. The Morgan fingerprint density at radius 3 is 3.00 bits per heavy atom. The fourth-order valence-electron chi connectivity index (χ4n) is 2.32. The van der Waals surface area contributed by atoms with Crippen LogP contribution in [0.3, 0.4) is 0 Å². The van der Waals surface area contributed by atoms with Crippen LogP contribution in [0.15, 0.2) is 0 Å². The highest BCUT2D eigenvalue weighted by Crippen LogP contribution is 2.32. The van der Waals surface area contributed by atoms with E-state index in [0.29, 0.717) is 0 Å². The lowest BCUT2D eigenvalue weighted by Gasteiger charge is -2.19. The molecular weight excluding hydrogens is 180 g/mol. The van der Waals surface area contributed by atoms with Crippen LogP contribution in [0.1, 0.15) is 35.7 Å². The summed E-state index contributed by atoms with van der Waals surface area (Å²) in [5.41, 5.74) is 3.03. The smallest absolute Gasteiger partial charge is 0.312 e. The van der Waals surface area contributed by atoms with E-state index in [0.717, 1.165) is 36.2 Å². The number of aromatic nitrogens is 2. The molecule has 76 valence electrons. The molecule has 0 fully saturated rings. The van der Waals surface area contributed by atoms with Crippen molar-refractivity contribution in [3.05, 3.63) is 17.0 Å². The molecule has 4 nitrogen and oxygen atoms in total. The summed E-state index contributed by atoms with van der Waals surface area (Å²) in [6, 6.07) is 0. The van der Waals surface area contributed by atoms with E-state index in [2.05, 4.69) is 5.10 Å². The van der Waals surface area contributed by atoms with Crippen molar-refractivity contribution in [2.45, 2.75) is 32.1 Å². The summed E-state index contributed by atoms with van der Waals surface area (Å²) < 4.78 is 1.72.